The first-order chi connectivity index (χ1) is 10.0. The molecule has 0 aliphatic rings. The van der Waals surface area contributed by atoms with Crippen LogP contribution in [0.5, 0.6) is 0 Å². The molecule has 0 radical (unpaired) electrons. The Morgan fingerprint density at radius 1 is 1.05 bits per heavy atom. The zero-order chi connectivity index (χ0) is 15.4. The number of hydrogen-bond donors (Lipinski definition) is 1. The molecule has 0 fully saturated rings. The van der Waals surface area contributed by atoms with Crippen LogP contribution in [0, 0.1) is 11.6 Å². The van der Waals surface area contributed by atoms with Gasteiger partial charge in [0, 0.05) is 10.0 Å². The maximum atomic E-state index is 14.2. The minimum Gasteiger partial charge on any atom is -0.306 e. The van der Waals surface area contributed by atoms with Crippen molar-refractivity contribution in [2.75, 3.05) is 6.54 Å². The molecule has 0 aliphatic carbocycles. The van der Waals surface area contributed by atoms with E-state index in [0.29, 0.717) is 14.5 Å². The van der Waals surface area contributed by atoms with Gasteiger partial charge in [0.05, 0.1) is 10.5 Å². The second-order valence-electron chi connectivity index (χ2n) is 4.73. The van der Waals surface area contributed by atoms with E-state index in [2.05, 4.69) is 37.2 Å². The minimum atomic E-state index is -0.329. The highest BCUT2D eigenvalue weighted by molar-refractivity contribution is 9.10. The molecule has 2 aromatic carbocycles. The fraction of sp³-hybridized carbons (Fsp3) is 0.250. The predicted molar refractivity (Wildman–Crippen MR) is 88.3 cm³/mol. The molecule has 0 heterocycles. The van der Waals surface area contributed by atoms with Crippen LogP contribution >= 0.6 is 31.9 Å². The maximum Gasteiger partial charge on any atom is 0.137 e. The highest BCUT2D eigenvalue weighted by atomic mass is 79.9. The van der Waals surface area contributed by atoms with Gasteiger partial charge in [0.25, 0.3) is 0 Å². The lowest BCUT2D eigenvalue weighted by Crippen LogP contribution is -2.24. The third kappa shape index (κ3) is 4.11. The smallest absolute Gasteiger partial charge is 0.137 e. The number of halogens is 4. The van der Waals surface area contributed by atoms with E-state index >= 15 is 0 Å². The molecule has 2 aromatic rings. The highest BCUT2D eigenvalue weighted by Gasteiger charge is 2.18. The third-order valence-corrected chi connectivity index (χ3v) is 4.25. The zero-order valence-electron chi connectivity index (χ0n) is 11.5. The van der Waals surface area contributed by atoms with Gasteiger partial charge in [0.15, 0.2) is 0 Å². The molecule has 112 valence electrons. The summed E-state index contributed by atoms with van der Waals surface area (Å²) in [5.41, 5.74) is 1.36. The topological polar surface area (TPSA) is 12.0 Å². The van der Waals surface area contributed by atoms with Gasteiger partial charge in [-0.05, 0) is 58.7 Å². The van der Waals surface area contributed by atoms with Crippen molar-refractivity contribution < 1.29 is 8.78 Å². The summed E-state index contributed by atoms with van der Waals surface area (Å²) in [6.07, 6.45) is 0.928. The lowest BCUT2D eigenvalue weighted by Gasteiger charge is -2.20. The van der Waals surface area contributed by atoms with E-state index in [4.69, 9.17) is 0 Å². The Morgan fingerprint density at radius 2 is 1.81 bits per heavy atom. The van der Waals surface area contributed by atoms with Crippen LogP contribution in [0.2, 0.25) is 0 Å². The van der Waals surface area contributed by atoms with E-state index in [1.807, 2.05) is 6.92 Å². The molecule has 0 amide bonds. The van der Waals surface area contributed by atoms with Gasteiger partial charge in [-0.1, -0.05) is 35.0 Å². The SMILES string of the molecule is CCCNC(c1ccc(F)c(Br)c1)c1ccc(Br)cc1F. The average molecular weight is 419 g/mol. The summed E-state index contributed by atoms with van der Waals surface area (Å²) in [6.45, 7) is 2.79. The van der Waals surface area contributed by atoms with Crippen molar-refractivity contribution in [3.63, 3.8) is 0 Å². The van der Waals surface area contributed by atoms with Crippen LogP contribution < -0.4 is 5.32 Å². The summed E-state index contributed by atoms with van der Waals surface area (Å²) in [4.78, 5) is 0. The normalized spacial score (nSPS) is 12.4. The molecule has 0 aromatic heterocycles. The van der Waals surface area contributed by atoms with Gasteiger partial charge in [-0.3, -0.25) is 0 Å². The zero-order valence-corrected chi connectivity index (χ0v) is 14.6. The van der Waals surface area contributed by atoms with Crippen molar-refractivity contribution in [2.45, 2.75) is 19.4 Å². The summed E-state index contributed by atoms with van der Waals surface area (Å²) in [7, 11) is 0. The first kappa shape index (κ1) is 16.6. The molecule has 0 saturated carbocycles. The summed E-state index contributed by atoms with van der Waals surface area (Å²) < 4.78 is 28.7. The Balaban J connectivity index is 2.44. The Bertz CT molecular complexity index is 632. The number of hydrogen-bond acceptors (Lipinski definition) is 1. The number of benzene rings is 2. The molecular formula is C16H15Br2F2N. The molecule has 2 rings (SSSR count). The van der Waals surface area contributed by atoms with E-state index < -0.39 is 0 Å². The Labute approximate surface area is 140 Å². The standard InChI is InChI=1S/C16H15Br2F2N/c1-2-7-21-16(10-3-6-14(19)13(18)8-10)12-5-4-11(17)9-15(12)20/h3-6,8-9,16,21H,2,7H2,1H3. The van der Waals surface area contributed by atoms with Crippen LogP contribution in [0.3, 0.4) is 0 Å². The second kappa shape index (κ2) is 7.47. The van der Waals surface area contributed by atoms with Crippen molar-refractivity contribution in [2.24, 2.45) is 0 Å². The molecule has 1 unspecified atom stereocenters. The Kier molecular flexibility index (Phi) is 5.90. The number of nitrogens with one attached hydrogen (secondary N) is 1. The van der Waals surface area contributed by atoms with Gasteiger partial charge >= 0.3 is 0 Å². The number of rotatable bonds is 5. The van der Waals surface area contributed by atoms with Crippen LogP contribution in [0.15, 0.2) is 45.3 Å². The molecule has 1 atom stereocenters. The van der Waals surface area contributed by atoms with Gasteiger partial charge in [-0.15, -0.1) is 0 Å². The molecule has 5 heteroatoms. The first-order valence-corrected chi connectivity index (χ1v) is 8.24. The summed E-state index contributed by atoms with van der Waals surface area (Å²) >= 11 is 6.44. The molecular weight excluding hydrogens is 404 g/mol. The Morgan fingerprint density at radius 3 is 2.43 bits per heavy atom. The molecule has 1 nitrogen and oxygen atoms in total. The molecule has 0 bridgehead atoms. The van der Waals surface area contributed by atoms with Crippen LogP contribution in [0.4, 0.5) is 8.78 Å². The largest absolute Gasteiger partial charge is 0.306 e. The monoisotopic (exact) mass is 417 g/mol. The average Bonchev–Trinajstić information content (AvgIpc) is 2.44. The molecule has 0 aliphatic heterocycles. The lowest BCUT2D eigenvalue weighted by atomic mass is 9.98. The van der Waals surface area contributed by atoms with Crippen molar-refractivity contribution in [3.8, 4) is 0 Å². The van der Waals surface area contributed by atoms with Gasteiger partial charge in [-0.25, -0.2) is 8.78 Å². The second-order valence-corrected chi connectivity index (χ2v) is 6.50. The van der Waals surface area contributed by atoms with Gasteiger partial charge < -0.3 is 5.32 Å². The fourth-order valence-corrected chi connectivity index (χ4v) is 2.85. The summed E-state index contributed by atoms with van der Waals surface area (Å²) in [6, 6.07) is 9.42. The van der Waals surface area contributed by atoms with Crippen molar-refractivity contribution >= 4 is 31.9 Å². The predicted octanol–water partition coefficient (Wildman–Crippen LogP) is 5.58. The van der Waals surface area contributed by atoms with E-state index in [9.17, 15) is 8.78 Å². The van der Waals surface area contributed by atoms with Crippen molar-refractivity contribution in [3.05, 3.63) is 68.1 Å². The van der Waals surface area contributed by atoms with Crippen LogP contribution in [-0.2, 0) is 0 Å². The van der Waals surface area contributed by atoms with E-state index in [1.165, 1.54) is 12.1 Å². The summed E-state index contributed by atoms with van der Waals surface area (Å²) in [5, 5.41) is 3.31. The molecule has 1 N–H and O–H groups in total. The highest BCUT2D eigenvalue weighted by Crippen LogP contribution is 2.29. The van der Waals surface area contributed by atoms with Crippen LogP contribution in [-0.4, -0.2) is 6.54 Å². The van der Waals surface area contributed by atoms with E-state index in [0.717, 1.165) is 18.5 Å². The third-order valence-electron chi connectivity index (χ3n) is 3.15. The fourth-order valence-electron chi connectivity index (χ4n) is 2.12. The van der Waals surface area contributed by atoms with Crippen molar-refractivity contribution in [1.29, 1.82) is 0 Å². The minimum absolute atomic E-state index is 0.293. The first-order valence-electron chi connectivity index (χ1n) is 6.66. The van der Waals surface area contributed by atoms with Crippen LogP contribution in [0.25, 0.3) is 0 Å². The van der Waals surface area contributed by atoms with Gasteiger partial charge in [0.1, 0.15) is 11.6 Å². The van der Waals surface area contributed by atoms with Gasteiger partial charge in [-0.2, -0.15) is 0 Å². The molecule has 0 spiro atoms. The molecule has 21 heavy (non-hydrogen) atoms. The van der Waals surface area contributed by atoms with Gasteiger partial charge in [0.2, 0.25) is 0 Å². The quantitative estimate of drug-likeness (QED) is 0.668. The maximum absolute atomic E-state index is 14.2. The van der Waals surface area contributed by atoms with E-state index in [1.54, 1.807) is 24.3 Å². The van der Waals surface area contributed by atoms with Crippen molar-refractivity contribution in [1.82, 2.24) is 5.32 Å². The lowest BCUT2D eigenvalue weighted by molar-refractivity contribution is 0.544. The summed E-state index contributed by atoms with van der Waals surface area (Å²) in [5.74, 6) is -0.623. The Hall–Kier alpha value is -0.780. The molecule has 0 saturated heterocycles. The van der Waals surface area contributed by atoms with E-state index in [-0.39, 0.29) is 17.7 Å². The van der Waals surface area contributed by atoms with Crippen LogP contribution in [0.1, 0.15) is 30.5 Å².